The molecule has 0 aliphatic heterocycles. The van der Waals surface area contributed by atoms with Crippen LogP contribution in [0.2, 0.25) is 0 Å². The molecule has 76 heavy (non-hydrogen) atoms. The summed E-state index contributed by atoms with van der Waals surface area (Å²) in [6.07, 6.45) is 0. The summed E-state index contributed by atoms with van der Waals surface area (Å²) in [5, 5.41) is 4.85. The van der Waals surface area contributed by atoms with E-state index in [1.165, 1.54) is 71.6 Å². The number of fused-ring (bicyclic) bond motifs is 6. The lowest BCUT2D eigenvalue weighted by molar-refractivity contribution is 0.745. The van der Waals surface area contributed by atoms with Crippen LogP contribution in [0.4, 0.5) is 0 Å². The molecule has 0 aliphatic rings. The van der Waals surface area contributed by atoms with Crippen molar-refractivity contribution >= 4 is 43.6 Å². The van der Waals surface area contributed by atoms with Crippen LogP contribution in [0.1, 0.15) is 44.5 Å². The highest BCUT2D eigenvalue weighted by Gasteiger charge is 2.40. The Morgan fingerprint density at radius 2 is 0.592 bits per heavy atom. The molecule has 12 aromatic carbocycles. The molecule has 0 atom stereocenters. The first kappa shape index (κ1) is 44.9. The van der Waals surface area contributed by atoms with Crippen LogP contribution in [0.5, 0.6) is 0 Å². The maximum absolute atomic E-state index is 2.49. The van der Waals surface area contributed by atoms with E-state index in [-0.39, 0.29) is 0 Å². The predicted molar refractivity (Wildman–Crippen MR) is 317 cm³/mol. The molecule has 0 unspecified atom stereocenters. The Bertz CT molecular complexity index is 4170. The second-order valence-corrected chi connectivity index (χ2v) is 19.9. The number of rotatable bonds is 11. The fraction of sp³-hybridized carbons (Fsp3) is 0.0270. The van der Waals surface area contributed by atoms with Gasteiger partial charge in [0.1, 0.15) is 0 Å². The fourth-order valence-electron chi connectivity index (χ4n) is 12.8. The average molecular weight is 969 g/mol. The van der Waals surface area contributed by atoms with Crippen molar-refractivity contribution in [1.82, 2.24) is 9.13 Å². The van der Waals surface area contributed by atoms with Gasteiger partial charge in [-0.15, -0.1) is 0 Å². The zero-order valence-electron chi connectivity index (χ0n) is 41.9. The molecule has 0 bridgehead atoms. The van der Waals surface area contributed by atoms with Crippen LogP contribution in [0.25, 0.3) is 66.1 Å². The van der Waals surface area contributed by atoms with E-state index in [0.717, 1.165) is 39.1 Å². The minimum absolute atomic E-state index is 0.572. The smallest absolute Gasteiger partial charge is 0.0702 e. The topological polar surface area (TPSA) is 9.86 Å². The summed E-state index contributed by atoms with van der Waals surface area (Å²) in [6, 6.07) is 116. The molecule has 0 N–H and O–H groups in total. The van der Waals surface area contributed by atoms with Gasteiger partial charge in [0.25, 0.3) is 0 Å². The third-order valence-corrected chi connectivity index (χ3v) is 16.0. The van der Waals surface area contributed by atoms with E-state index < -0.39 is 10.8 Å². The van der Waals surface area contributed by atoms with Gasteiger partial charge in [-0.1, -0.05) is 267 Å². The zero-order chi connectivity index (χ0) is 50.5. The highest BCUT2D eigenvalue weighted by atomic mass is 15.0. The van der Waals surface area contributed by atoms with Crippen LogP contribution in [0.3, 0.4) is 0 Å². The number of hydrogen-bond donors (Lipinski definition) is 0. The predicted octanol–water partition coefficient (Wildman–Crippen LogP) is 18.3. The van der Waals surface area contributed by atoms with Gasteiger partial charge < -0.3 is 9.13 Å². The monoisotopic (exact) mass is 968 g/mol. The van der Waals surface area contributed by atoms with Gasteiger partial charge in [0, 0.05) is 32.8 Å². The van der Waals surface area contributed by atoms with Crippen LogP contribution in [0.15, 0.2) is 315 Å². The van der Waals surface area contributed by atoms with Crippen molar-refractivity contribution in [2.45, 2.75) is 10.8 Å². The van der Waals surface area contributed by atoms with Crippen LogP contribution < -0.4 is 0 Å². The van der Waals surface area contributed by atoms with Crippen LogP contribution in [-0.2, 0) is 10.8 Å². The maximum atomic E-state index is 2.49. The highest BCUT2D eigenvalue weighted by Crippen LogP contribution is 2.49. The summed E-state index contributed by atoms with van der Waals surface area (Å²) < 4.78 is 4.97. The normalized spacial score (nSPS) is 11.9. The standard InChI is InChI=1S/C74H52N2/c1-7-27-54(28-8-1)73(55-29-9-2-10-30-55,56-31-11-3-12-32-56)60-39-25-26-53(50-60)63-40-19-22-43-68(63)76-70-45-24-21-42-65(70)67-52-62(47-49-71(67)76)75-69-44-23-20-41-64(69)66-48-46-61(51-72(66)75)74(57-33-13-4-14-34-57,58-35-15-5-16-36-58)59-37-17-6-18-38-59/h1-52H. The Labute approximate surface area is 443 Å². The van der Waals surface area contributed by atoms with Crippen molar-refractivity contribution in [3.05, 3.63) is 360 Å². The van der Waals surface area contributed by atoms with Gasteiger partial charge in [-0.2, -0.15) is 0 Å². The molecule has 0 spiro atoms. The fourth-order valence-corrected chi connectivity index (χ4v) is 12.8. The van der Waals surface area contributed by atoms with Gasteiger partial charge in [-0.05, 0) is 98.6 Å². The van der Waals surface area contributed by atoms with Gasteiger partial charge in [0.15, 0.2) is 0 Å². The summed E-state index contributed by atoms with van der Waals surface area (Å²) in [6.45, 7) is 0. The van der Waals surface area contributed by atoms with Crippen molar-refractivity contribution in [3.63, 3.8) is 0 Å². The molecular weight excluding hydrogens is 917 g/mol. The molecule has 2 aromatic heterocycles. The SMILES string of the molecule is c1ccc(C(c2ccccc2)(c2ccccc2)c2cccc(-c3ccccc3-n3c4ccccc4c4cc(-n5c6ccccc6c6ccc(C(c7ccccc7)(c7ccccc7)c7ccccc7)cc65)ccc43)c2)cc1. The molecule has 358 valence electrons. The van der Waals surface area contributed by atoms with Crippen molar-refractivity contribution in [3.8, 4) is 22.5 Å². The molecule has 14 aromatic rings. The maximum Gasteiger partial charge on any atom is 0.0702 e. The number of para-hydroxylation sites is 3. The van der Waals surface area contributed by atoms with E-state index >= 15 is 0 Å². The third-order valence-electron chi connectivity index (χ3n) is 16.0. The highest BCUT2D eigenvalue weighted by molar-refractivity contribution is 6.12. The minimum Gasteiger partial charge on any atom is -0.309 e. The van der Waals surface area contributed by atoms with Crippen LogP contribution in [0, 0.1) is 0 Å². The Hall–Kier alpha value is -9.76. The summed E-state index contributed by atoms with van der Waals surface area (Å²) in [5.74, 6) is 0. The zero-order valence-corrected chi connectivity index (χ0v) is 41.9. The van der Waals surface area contributed by atoms with Gasteiger partial charge in [0.05, 0.1) is 38.6 Å². The quantitative estimate of drug-likeness (QED) is 0.114. The number of nitrogens with zero attached hydrogens (tertiary/aromatic N) is 2. The van der Waals surface area contributed by atoms with Gasteiger partial charge in [-0.25, -0.2) is 0 Å². The molecule has 0 saturated carbocycles. The molecule has 0 radical (unpaired) electrons. The van der Waals surface area contributed by atoms with E-state index in [2.05, 4.69) is 325 Å². The molecule has 2 heteroatoms. The average Bonchev–Trinajstić information content (AvgIpc) is 4.09. The van der Waals surface area contributed by atoms with E-state index in [0.29, 0.717) is 0 Å². The number of benzene rings is 12. The first-order valence-electron chi connectivity index (χ1n) is 26.3. The minimum atomic E-state index is -0.588. The lowest BCUT2D eigenvalue weighted by Gasteiger charge is -2.37. The van der Waals surface area contributed by atoms with Crippen LogP contribution >= 0.6 is 0 Å². The van der Waals surface area contributed by atoms with E-state index in [4.69, 9.17) is 0 Å². The van der Waals surface area contributed by atoms with Crippen LogP contribution in [-0.4, -0.2) is 9.13 Å². The van der Waals surface area contributed by atoms with Crippen molar-refractivity contribution < 1.29 is 0 Å². The Kier molecular flexibility index (Phi) is 11.0. The molecule has 14 rings (SSSR count). The Morgan fingerprint density at radius 3 is 1.11 bits per heavy atom. The molecule has 0 aliphatic carbocycles. The number of aromatic nitrogens is 2. The van der Waals surface area contributed by atoms with E-state index in [1.807, 2.05) is 0 Å². The molecule has 2 heterocycles. The first-order chi connectivity index (χ1) is 37.7. The molecule has 0 amide bonds. The van der Waals surface area contributed by atoms with Gasteiger partial charge in [0.2, 0.25) is 0 Å². The third kappa shape index (κ3) is 7.02. The Balaban J connectivity index is 0.971. The molecule has 0 saturated heterocycles. The van der Waals surface area contributed by atoms with Crippen molar-refractivity contribution in [2.24, 2.45) is 0 Å². The summed E-state index contributed by atoms with van der Waals surface area (Å²) in [4.78, 5) is 0. The summed E-state index contributed by atoms with van der Waals surface area (Å²) in [5.41, 5.74) is 17.8. The largest absolute Gasteiger partial charge is 0.309 e. The van der Waals surface area contributed by atoms with Crippen molar-refractivity contribution in [1.29, 1.82) is 0 Å². The Morgan fingerprint density at radius 1 is 0.211 bits per heavy atom. The van der Waals surface area contributed by atoms with Crippen molar-refractivity contribution in [2.75, 3.05) is 0 Å². The molecule has 2 nitrogen and oxygen atoms in total. The van der Waals surface area contributed by atoms with Gasteiger partial charge in [-0.3, -0.25) is 0 Å². The lowest BCUT2D eigenvalue weighted by atomic mass is 9.65. The number of hydrogen-bond acceptors (Lipinski definition) is 0. The van der Waals surface area contributed by atoms with E-state index in [1.54, 1.807) is 0 Å². The second kappa shape index (κ2) is 18.6. The lowest BCUT2D eigenvalue weighted by Crippen LogP contribution is -2.31. The summed E-state index contributed by atoms with van der Waals surface area (Å²) in [7, 11) is 0. The van der Waals surface area contributed by atoms with Gasteiger partial charge >= 0.3 is 0 Å². The molecule has 0 fully saturated rings. The summed E-state index contributed by atoms with van der Waals surface area (Å²) >= 11 is 0. The first-order valence-corrected chi connectivity index (χ1v) is 26.3. The second-order valence-electron chi connectivity index (χ2n) is 19.9. The molecular formula is C74H52N2. The van der Waals surface area contributed by atoms with E-state index in [9.17, 15) is 0 Å².